The summed E-state index contributed by atoms with van der Waals surface area (Å²) in [6.45, 7) is 3.73. The van der Waals surface area contributed by atoms with Crippen molar-refractivity contribution in [1.29, 1.82) is 0 Å². The molecule has 0 aromatic heterocycles. The Kier molecular flexibility index (Phi) is 4.63. The summed E-state index contributed by atoms with van der Waals surface area (Å²) in [4.78, 5) is 4.26. The molecule has 1 N–H and O–H groups in total. The number of benzene rings is 1. The summed E-state index contributed by atoms with van der Waals surface area (Å²) in [5.74, 6) is 0.224. The summed E-state index contributed by atoms with van der Waals surface area (Å²) >= 11 is 0. The van der Waals surface area contributed by atoms with E-state index in [4.69, 9.17) is 10.5 Å². The minimum Gasteiger partial charge on any atom is -0.696 e. The maximum absolute atomic E-state index is 12.9. The van der Waals surface area contributed by atoms with E-state index < -0.39 is 11.7 Å². The Morgan fingerprint density at radius 2 is 1.81 bits per heavy atom. The fourth-order valence-corrected chi connectivity index (χ4v) is 2.46. The number of hydrogen-bond donors (Lipinski definition) is 0. The fraction of sp³-hybridized carbons (Fsp3) is 0.571. The monoisotopic (exact) mass is 302 g/mol. The molecule has 0 spiro atoms. The van der Waals surface area contributed by atoms with Crippen molar-refractivity contribution in [3.63, 3.8) is 0 Å². The van der Waals surface area contributed by atoms with Gasteiger partial charge in [0.1, 0.15) is 5.75 Å². The molecule has 4 nitrogen and oxygen atoms in total. The Bertz CT molecular complexity index is 497. The molecule has 1 saturated heterocycles. The van der Waals surface area contributed by atoms with Crippen molar-refractivity contribution in [3.8, 4) is 5.75 Å². The summed E-state index contributed by atoms with van der Waals surface area (Å²) in [5, 5.41) is 0. The van der Waals surface area contributed by atoms with Crippen molar-refractivity contribution in [1.82, 2.24) is 9.80 Å². The van der Waals surface area contributed by atoms with E-state index in [-0.39, 0.29) is 11.4 Å². The van der Waals surface area contributed by atoms with Crippen LogP contribution in [0.2, 0.25) is 0 Å². The van der Waals surface area contributed by atoms with Crippen molar-refractivity contribution >= 4 is 5.69 Å². The lowest BCUT2D eigenvalue weighted by atomic mass is 10.1. The van der Waals surface area contributed by atoms with E-state index in [2.05, 4.69) is 9.80 Å². The molecule has 0 unspecified atom stereocenters. The molecule has 0 amide bonds. The van der Waals surface area contributed by atoms with Gasteiger partial charge in [-0.2, -0.15) is 13.2 Å². The number of nitrogens with one attached hydrogen (secondary N) is 1. The highest BCUT2D eigenvalue weighted by Crippen LogP contribution is 2.39. The summed E-state index contributed by atoms with van der Waals surface area (Å²) in [6, 6.07) is 1.90. The van der Waals surface area contributed by atoms with E-state index >= 15 is 0 Å². The molecule has 0 bridgehead atoms. The normalized spacial score (nSPS) is 18.0. The highest BCUT2D eigenvalue weighted by molar-refractivity contribution is 5.62. The van der Waals surface area contributed by atoms with Crippen LogP contribution in [0, 0.1) is 0 Å². The Morgan fingerprint density at radius 1 is 1.19 bits per heavy atom. The van der Waals surface area contributed by atoms with Gasteiger partial charge in [-0.3, -0.25) is 4.90 Å². The summed E-state index contributed by atoms with van der Waals surface area (Å²) in [7, 11) is 3.40. The Morgan fingerprint density at radius 3 is 2.33 bits per heavy atom. The number of nitrogens with zero attached hydrogens (tertiary/aromatic N) is 2. The second-order valence-electron chi connectivity index (χ2n) is 5.29. The highest BCUT2D eigenvalue weighted by Gasteiger charge is 2.31. The average molecular weight is 302 g/mol. The van der Waals surface area contributed by atoms with Crippen LogP contribution in [-0.4, -0.2) is 50.1 Å². The smallest absolute Gasteiger partial charge is 0.416 e. The van der Waals surface area contributed by atoms with Gasteiger partial charge in [0.05, 0.1) is 12.7 Å². The summed E-state index contributed by atoms with van der Waals surface area (Å²) in [5.41, 5.74) is 7.13. The zero-order valence-corrected chi connectivity index (χ0v) is 12.1. The maximum Gasteiger partial charge on any atom is 0.416 e. The number of methoxy groups -OCH3 is 1. The van der Waals surface area contributed by atoms with Gasteiger partial charge in [0.25, 0.3) is 0 Å². The van der Waals surface area contributed by atoms with Gasteiger partial charge in [-0.1, -0.05) is 11.8 Å². The fourth-order valence-electron chi connectivity index (χ4n) is 2.46. The maximum atomic E-state index is 12.9. The molecular formula is C14H19F3N3O-. The molecule has 0 radical (unpaired) electrons. The first kappa shape index (κ1) is 15.9. The van der Waals surface area contributed by atoms with Gasteiger partial charge >= 0.3 is 6.18 Å². The lowest BCUT2D eigenvalue weighted by Gasteiger charge is -2.33. The van der Waals surface area contributed by atoms with Gasteiger partial charge in [0.2, 0.25) is 0 Å². The Labute approximate surface area is 122 Å². The van der Waals surface area contributed by atoms with E-state index in [9.17, 15) is 13.2 Å². The van der Waals surface area contributed by atoms with Crippen LogP contribution in [0.3, 0.4) is 0 Å². The predicted molar refractivity (Wildman–Crippen MR) is 74.8 cm³/mol. The highest BCUT2D eigenvalue weighted by atomic mass is 19.4. The van der Waals surface area contributed by atoms with Crippen molar-refractivity contribution in [3.05, 3.63) is 29.0 Å². The van der Waals surface area contributed by atoms with E-state index in [1.165, 1.54) is 7.11 Å². The van der Waals surface area contributed by atoms with E-state index in [0.717, 1.165) is 38.3 Å². The first-order valence-corrected chi connectivity index (χ1v) is 6.72. The SMILES string of the molecule is COc1c([NH-])cc(C(F)(F)F)cc1CN1CCN(C)CC1. The largest absolute Gasteiger partial charge is 0.696 e. The topological polar surface area (TPSA) is 39.5 Å². The summed E-state index contributed by atoms with van der Waals surface area (Å²) in [6.07, 6.45) is -4.45. The molecular weight excluding hydrogens is 283 g/mol. The number of halogens is 3. The average Bonchev–Trinajstić information content (AvgIpc) is 2.40. The standard InChI is InChI=1S/C14H19F3N3O/c1-19-3-5-20(6-4-19)9-10-7-11(14(15,16)17)8-12(18)13(10)21-2/h7-8,18H,3-6,9H2,1-2H3/q-1. The molecule has 2 rings (SSSR count). The third kappa shape index (κ3) is 3.79. The van der Waals surface area contributed by atoms with Crippen LogP contribution < -0.4 is 4.74 Å². The predicted octanol–water partition coefficient (Wildman–Crippen LogP) is 3.15. The quantitative estimate of drug-likeness (QED) is 0.861. The third-order valence-electron chi connectivity index (χ3n) is 3.69. The van der Waals surface area contributed by atoms with Gasteiger partial charge in [-0.05, 0) is 13.1 Å². The molecule has 1 aromatic rings. The van der Waals surface area contributed by atoms with E-state index in [1.54, 1.807) is 0 Å². The molecule has 1 heterocycles. The number of rotatable bonds is 3. The van der Waals surface area contributed by atoms with Crippen LogP contribution in [0.15, 0.2) is 12.1 Å². The zero-order valence-electron chi connectivity index (χ0n) is 12.1. The lowest BCUT2D eigenvalue weighted by Crippen LogP contribution is -2.43. The number of alkyl halides is 3. The molecule has 0 aliphatic carbocycles. The number of likely N-dealkylation sites (N-methyl/N-ethyl adjacent to an activating group) is 1. The second-order valence-corrected chi connectivity index (χ2v) is 5.29. The molecule has 1 aliphatic rings. The molecule has 0 saturated carbocycles. The number of hydrogen-bond acceptors (Lipinski definition) is 3. The minimum absolute atomic E-state index is 0.224. The van der Waals surface area contributed by atoms with Crippen LogP contribution >= 0.6 is 0 Å². The van der Waals surface area contributed by atoms with Gasteiger partial charge in [-0.15, -0.1) is 0 Å². The molecule has 7 heteroatoms. The lowest BCUT2D eigenvalue weighted by molar-refractivity contribution is -0.137. The first-order chi connectivity index (χ1) is 9.81. The molecule has 0 atom stereocenters. The molecule has 1 fully saturated rings. The van der Waals surface area contributed by atoms with Crippen LogP contribution in [0.1, 0.15) is 11.1 Å². The second kappa shape index (κ2) is 6.11. The van der Waals surface area contributed by atoms with E-state index in [1.807, 2.05) is 7.05 Å². The van der Waals surface area contributed by atoms with Crippen LogP contribution in [0.25, 0.3) is 5.73 Å². The third-order valence-corrected chi connectivity index (χ3v) is 3.69. The summed E-state index contributed by atoms with van der Waals surface area (Å²) < 4.78 is 43.7. The van der Waals surface area contributed by atoms with Gasteiger partial charge in [0.15, 0.2) is 0 Å². The molecule has 1 aliphatic heterocycles. The Hall–Kier alpha value is -1.47. The van der Waals surface area contributed by atoms with Gasteiger partial charge in [-0.25, -0.2) is 0 Å². The van der Waals surface area contributed by atoms with Crippen molar-refractivity contribution < 1.29 is 17.9 Å². The molecule has 118 valence electrons. The van der Waals surface area contributed by atoms with Crippen LogP contribution in [0.5, 0.6) is 5.75 Å². The molecule has 21 heavy (non-hydrogen) atoms. The van der Waals surface area contributed by atoms with Gasteiger partial charge < -0.3 is 15.4 Å². The van der Waals surface area contributed by atoms with E-state index in [0.29, 0.717) is 12.1 Å². The molecule has 1 aromatic carbocycles. The first-order valence-electron chi connectivity index (χ1n) is 6.72. The van der Waals surface area contributed by atoms with Crippen molar-refractivity contribution in [2.24, 2.45) is 0 Å². The zero-order chi connectivity index (χ0) is 15.6. The van der Waals surface area contributed by atoms with Crippen molar-refractivity contribution in [2.75, 3.05) is 40.3 Å². The Balaban J connectivity index is 2.26. The van der Waals surface area contributed by atoms with Crippen LogP contribution in [0.4, 0.5) is 18.9 Å². The number of ether oxygens (including phenoxy) is 1. The minimum atomic E-state index is -4.45. The van der Waals surface area contributed by atoms with Crippen LogP contribution in [-0.2, 0) is 12.7 Å². The van der Waals surface area contributed by atoms with Gasteiger partial charge in [0, 0.05) is 38.3 Å². The van der Waals surface area contributed by atoms with Crippen molar-refractivity contribution in [2.45, 2.75) is 12.7 Å². The number of piperazine rings is 1.